The quantitative estimate of drug-likeness (QED) is 0.638. The standard InChI is InChI=1S/C14H16N2O2/c15-16-14(7-13-2-1-5-18-13)10-3-4-11-8-17-9-12(11)6-10/h1-6,14,16H,7-9,15H2. The Balaban J connectivity index is 1.83. The molecule has 4 nitrogen and oxygen atoms in total. The second-order valence-corrected chi connectivity index (χ2v) is 4.52. The summed E-state index contributed by atoms with van der Waals surface area (Å²) in [5.41, 5.74) is 6.54. The summed E-state index contributed by atoms with van der Waals surface area (Å²) in [5, 5.41) is 0. The highest BCUT2D eigenvalue weighted by atomic mass is 16.5. The fraction of sp³-hybridized carbons (Fsp3) is 0.286. The zero-order valence-electron chi connectivity index (χ0n) is 10.1. The number of ether oxygens (including phenoxy) is 1. The van der Waals surface area contributed by atoms with Gasteiger partial charge < -0.3 is 9.15 Å². The van der Waals surface area contributed by atoms with Crippen molar-refractivity contribution in [3.63, 3.8) is 0 Å². The van der Waals surface area contributed by atoms with Crippen molar-refractivity contribution in [3.8, 4) is 0 Å². The molecule has 0 spiro atoms. The second kappa shape index (κ2) is 4.94. The van der Waals surface area contributed by atoms with Gasteiger partial charge in [0.05, 0.1) is 25.5 Å². The Labute approximate surface area is 106 Å². The average molecular weight is 244 g/mol. The van der Waals surface area contributed by atoms with Crippen molar-refractivity contribution < 1.29 is 9.15 Å². The zero-order valence-corrected chi connectivity index (χ0v) is 10.1. The summed E-state index contributed by atoms with van der Waals surface area (Å²) < 4.78 is 10.8. The lowest BCUT2D eigenvalue weighted by Crippen LogP contribution is -2.29. The molecule has 1 aliphatic heterocycles. The number of furan rings is 1. The van der Waals surface area contributed by atoms with Crippen molar-refractivity contribution >= 4 is 0 Å². The highest BCUT2D eigenvalue weighted by Crippen LogP contribution is 2.25. The molecule has 0 fully saturated rings. The van der Waals surface area contributed by atoms with Gasteiger partial charge in [0.25, 0.3) is 0 Å². The lowest BCUT2D eigenvalue weighted by Gasteiger charge is -2.16. The molecule has 1 unspecified atom stereocenters. The number of nitrogens with one attached hydrogen (secondary N) is 1. The van der Waals surface area contributed by atoms with Crippen LogP contribution in [0, 0.1) is 0 Å². The van der Waals surface area contributed by atoms with E-state index in [0.717, 1.165) is 17.7 Å². The highest BCUT2D eigenvalue weighted by molar-refractivity contribution is 5.35. The van der Waals surface area contributed by atoms with Crippen molar-refractivity contribution in [3.05, 3.63) is 59.0 Å². The first kappa shape index (κ1) is 11.5. The van der Waals surface area contributed by atoms with Crippen LogP contribution in [0.3, 0.4) is 0 Å². The topological polar surface area (TPSA) is 60.4 Å². The molecule has 2 heterocycles. The molecule has 0 amide bonds. The molecule has 1 atom stereocenters. The van der Waals surface area contributed by atoms with E-state index in [-0.39, 0.29) is 6.04 Å². The monoisotopic (exact) mass is 244 g/mol. The van der Waals surface area contributed by atoms with E-state index >= 15 is 0 Å². The molecule has 1 aromatic heterocycles. The lowest BCUT2D eigenvalue weighted by atomic mass is 9.99. The van der Waals surface area contributed by atoms with E-state index in [9.17, 15) is 0 Å². The Kier molecular flexibility index (Phi) is 3.15. The predicted octanol–water partition coefficient (Wildman–Crippen LogP) is 2.06. The third-order valence-corrected chi connectivity index (χ3v) is 3.33. The molecule has 3 rings (SSSR count). The Bertz CT molecular complexity index is 523. The molecule has 0 aliphatic carbocycles. The number of benzene rings is 1. The van der Waals surface area contributed by atoms with Gasteiger partial charge in [-0.25, -0.2) is 0 Å². The van der Waals surface area contributed by atoms with Crippen LogP contribution in [0.4, 0.5) is 0 Å². The van der Waals surface area contributed by atoms with Crippen LogP contribution in [0.2, 0.25) is 0 Å². The fourth-order valence-electron chi connectivity index (χ4n) is 2.31. The fourth-order valence-corrected chi connectivity index (χ4v) is 2.31. The van der Waals surface area contributed by atoms with Crippen LogP contribution in [0.15, 0.2) is 41.0 Å². The lowest BCUT2D eigenvalue weighted by molar-refractivity contribution is 0.134. The first-order valence-electron chi connectivity index (χ1n) is 6.05. The number of hydrazine groups is 1. The Hall–Kier alpha value is -1.62. The summed E-state index contributed by atoms with van der Waals surface area (Å²) in [6.07, 6.45) is 2.42. The van der Waals surface area contributed by atoms with Crippen LogP contribution < -0.4 is 11.3 Å². The smallest absolute Gasteiger partial charge is 0.105 e. The van der Waals surface area contributed by atoms with Crippen LogP contribution in [0.5, 0.6) is 0 Å². The van der Waals surface area contributed by atoms with Gasteiger partial charge in [0.15, 0.2) is 0 Å². The largest absolute Gasteiger partial charge is 0.469 e. The SMILES string of the molecule is NNC(Cc1ccco1)c1ccc2c(c1)COC2. The van der Waals surface area contributed by atoms with E-state index in [1.807, 2.05) is 12.1 Å². The van der Waals surface area contributed by atoms with Crippen molar-refractivity contribution in [2.24, 2.45) is 5.84 Å². The molecule has 1 aromatic carbocycles. The normalized spacial score (nSPS) is 15.6. The van der Waals surface area contributed by atoms with Gasteiger partial charge in [-0.3, -0.25) is 11.3 Å². The predicted molar refractivity (Wildman–Crippen MR) is 67.4 cm³/mol. The van der Waals surface area contributed by atoms with Gasteiger partial charge in [0.2, 0.25) is 0 Å². The zero-order chi connectivity index (χ0) is 12.4. The Morgan fingerprint density at radius 3 is 2.89 bits per heavy atom. The van der Waals surface area contributed by atoms with Gasteiger partial charge >= 0.3 is 0 Å². The molecule has 18 heavy (non-hydrogen) atoms. The summed E-state index contributed by atoms with van der Waals surface area (Å²) in [7, 11) is 0. The van der Waals surface area contributed by atoms with Crippen molar-refractivity contribution in [1.29, 1.82) is 0 Å². The highest BCUT2D eigenvalue weighted by Gasteiger charge is 2.16. The summed E-state index contributed by atoms with van der Waals surface area (Å²) in [5.74, 6) is 6.57. The first-order chi connectivity index (χ1) is 8.86. The van der Waals surface area contributed by atoms with Crippen LogP contribution in [-0.2, 0) is 24.4 Å². The van der Waals surface area contributed by atoms with E-state index in [1.165, 1.54) is 11.1 Å². The second-order valence-electron chi connectivity index (χ2n) is 4.52. The van der Waals surface area contributed by atoms with Gasteiger partial charge in [-0.2, -0.15) is 0 Å². The number of hydrogen-bond acceptors (Lipinski definition) is 4. The summed E-state index contributed by atoms with van der Waals surface area (Å²) in [6.45, 7) is 1.41. The van der Waals surface area contributed by atoms with E-state index in [4.69, 9.17) is 15.0 Å². The molecule has 0 bridgehead atoms. The van der Waals surface area contributed by atoms with Crippen molar-refractivity contribution in [2.75, 3.05) is 0 Å². The molecule has 4 heteroatoms. The van der Waals surface area contributed by atoms with Gasteiger partial charge in [0, 0.05) is 6.42 Å². The number of hydrogen-bond donors (Lipinski definition) is 2. The van der Waals surface area contributed by atoms with E-state index in [2.05, 4.69) is 23.6 Å². The van der Waals surface area contributed by atoms with Crippen LogP contribution in [-0.4, -0.2) is 0 Å². The van der Waals surface area contributed by atoms with Crippen molar-refractivity contribution in [1.82, 2.24) is 5.43 Å². The van der Waals surface area contributed by atoms with E-state index < -0.39 is 0 Å². The maximum absolute atomic E-state index is 5.64. The van der Waals surface area contributed by atoms with E-state index in [1.54, 1.807) is 6.26 Å². The summed E-state index contributed by atoms with van der Waals surface area (Å²) in [4.78, 5) is 0. The third kappa shape index (κ3) is 2.18. The minimum atomic E-state index is 0.0575. The average Bonchev–Trinajstić information content (AvgIpc) is 3.06. The summed E-state index contributed by atoms with van der Waals surface area (Å²) >= 11 is 0. The first-order valence-corrected chi connectivity index (χ1v) is 6.05. The molecule has 2 aromatic rings. The Morgan fingerprint density at radius 1 is 1.22 bits per heavy atom. The number of nitrogens with two attached hydrogens (primary N) is 1. The van der Waals surface area contributed by atoms with Crippen molar-refractivity contribution in [2.45, 2.75) is 25.7 Å². The molecule has 3 N–H and O–H groups in total. The molecule has 94 valence electrons. The van der Waals surface area contributed by atoms with Crippen LogP contribution in [0.1, 0.15) is 28.5 Å². The van der Waals surface area contributed by atoms with E-state index in [0.29, 0.717) is 13.2 Å². The molecule has 0 radical (unpaired) electrons. The minimum Gasteiger partial charge on any atom is -0.469 e. The molecule has 0 saturated heterocycles. The van der Waals surface area contributed by atoms with Gasteiger partial charge in [0.1, 0.15) is 5.76 Å². The minimum absolute atomic E-state index is 0.0575. The van der Waals surface area contributed by atoms with Crippen LogP contribution >= 0.6 is 0 Å². The van der Waals surface area contributed by atoms with Crippen LogP contribution in [0.25, 0.3) is 0 Å². The maximum Gasteiger partial charge on any atom is 0.105 e. The summed E-state index contributed by atoms with van der Waals surface area (Å²) in [6, 6.07) is 10.3. The molecule has 0 saturated carbocycles. The van der Waals surface area contributed by atoms with Gasteiger partial charge in [-0.15, -0.1) is 0 Å². The molecule has 1 aliphatic rings. The Morgan fingerprint density at radius 2 is 2.11 bits per heavy atom. The number of fused-ring (bicyclic) bond motifs is 1. The maximum atomic E-state index is 5.64. The third-order valence-electron chi connectivity index (χ3n) is 3.33. The number of rotatable bonds is 4. The van der Waals surface area contributed by atoms with Gasteiger partial charge in [-0.1, -0.05) is 18.2 Å². The van der Waals surface area contributed by atoms with Gasteiger partial charge in [-0.05, 0) is 28.8 Å². The molecular formula is C14H16N2O2. The molecular weight excluding hydrogens is 228 g/mol.